The van der Waals surface area contributed by atoms with E-state index in [2.05, 4.69) is 24.2 Å². The minimum atomic E-state index is -0.113. The normalized spacial score (nSPS) is 44.3. The average Bonchev–Trinajstić information content (AvgIpc) is 3.01. The van der Waals surface area contributed by atoms with E-state index >= 15 is 0 Å². The van der Waals surface area contributed by atoms with Crippen LogP contribution in [0, 0.1) is 34.5 Å². The molecular formula is C23H37N3O3. The molecule has 0 aromatic rings. The number of carbonyl (C=O) groups is 1. The monoisotopic (exact) mass is 403 g/mol. The lowest BCUT2D eigenvalue weighted by atomic mass is 9.45. The summed E-state index contributed by atoms with van der Waals surface area (Å²) in [6.45, 7) is 8.21. The number of hydrogen-bond donors (Lipinski definition) is 1. The third-order valence-electron chi connectivity index (χ3n) is 8.74. The Kier molecular flexibility index (Phi) is 5.75. The zero-order valence-electron chi connectivity index (χ0n) is 18.3. The van der Waals surface area contributed by atoms with Gasteiger partial charge in [0.2, 0.25) is 0 Å². The van der Waals surface area contributed by atoms with Crippen molar-refractivity contribution in [2.45, 2.75) is 72.1 Å². The number of rotatable bonds is 5. The van der Waals surface area contributed by atoms with E-state index in [9.17, 15) is 4.79 Å². The minimum absolute atomic E-state index is 0.113. The summed E-state index contributed by atoms with van der Waals surface area (Å²) in [5.41, 5.74) is 7.92. The maximum absolute atomic E-state index is 12.7. The molecular weight excluding hydrogens is 366 g/mol. The number of Topliss-reactive ketones (excluding diaryl/α,β-unsaturated/α-hetero) is 1. The Bertz CT molecular complexity index is 705. The summed E-state index contributed by atoms with van der Waals surface area (Å²) < 4.78 is 0. The van der Waals surface area contributed by atoms with Crippen LogP contribution in [-0.4, -0.2) is 37.0 Å². The van der Waals surface area contributed by atoms with Crippen molar-refractivity contribution in [2.24, 2.45) is 50.5 Å². The quantitative estimate of drug-likeness (QED) is 0.556. The second kappa shape index (κ2) is 8.01. The van der Waals surface area contributed by atoms with Gasteiger partial charge in [0.05, 0.1) is 11.4 Å². The standard InChI is InChI=1S/C23H37N3O3/c1-4-28-26-20-14-16-17-5-6-21(27)23(17,3)10-8-18(16)22(2)9-7-15(13-19(20)22)25-29-12-11-24/h16-19H,4-14,24H2,1-3H3/b25-15+,26-20+/t16-,17-,18-,19+,22+,23-/m0/s1. The van der Waals surface area contributed by atoms with Crippen LogP contribution >= 0.6 is 0 Å². The Hall–Kier alpha value is -1.43. The van der Waals surface area contributed by atoms with Gasteiger partial charge in [0.1, 0.15) is 19.0 Å². The van der Waals surface area contributed by atoms with Crippen LogP contribution < -0.4 is 5.73 Å². The third-order valence-corrected chi connectivity index (χ3v) is 8.74. The highest BCUT2D eigenvalue weighted by atomic mass is 16.6. The van der Waals surface area contributed by atoms with Crippen LogP contribution in [0.1, 0.15) is 72.1 Å². The molecule has 0 aliphatic heterocycles. The molecule has 2 N–H and O–H groups in total. The zero-order chi connectivity index (χ0) is 20.6. The second-order valence-corrected chi connectivity index (χ2v) is 10.0. The van der Waals surface area contributed by atoms with Crippen LogP contribution in [0.4, 0.5) is 0 Å². The Morgan fingerprint density at radius 3 is 2.66 bits per heavy atom. The summed E-state index contributed by atoms with van der Waals surface area (Å²) in [4.78, 5) is 23.7. The lowest BCUT2D eigenvalue weighted by Gasteiger charge is -2.59. The molecule has 0 aromatic carbocycles. The number of nitrogens with zero attached hydrogens (tertiary/aromatic N) is 2. The van der Waals surface area contributed by atoms with Gasteiger partial charge >= 0.3 is 0 Å². The molecule has 4 fully saturated rings. The number of oxime groups is 2. The van der Waals surface area contributed by atoms with E-state index < -0.39 is 0 Å². The Labute approximate surface area is 174 Å². The Balaban J connectivity index is 1.64. The van der Waals surface area contributed by atoms with Gasteiger partial charge in [-0.1, -0.05) is 24.2 Å². The van der Waals surface area contributed by atoms with Crippen LogP contribution in [0.3, 0.4) is 0 Å². The lowest BCUT2D eigenvalue weighted by Crippen LogP contribution is -2.56. The molecule has 29 heavy (non-hydrogen) atoms. The number of carbonyl (C=O) groups excluding carboxylic acids is 1. The van der Waals surface area contributed by atoms with Crippen LogP contribution in [0.15, 0.2) is 10.3 Å². The van der Waals surface area contributed by atoms with Crippen molar-refractivity contribution < 1.29 is 14.5 Å². The first kappa shape index (κ1) is 20.8. The van der Waals surface area contributed by atoms with E-state index in [1.165, 1.54) is 5.71 Å². The van der Waals surface area contributed by atoms with Gasteiger partial charge in [-0.05, 0) is 75.0 Å². The van der Waals surface area contributed by atoms with Crippen molar-refractivity contribution in [1.82, 2.24) is 0 Å². The van der Waals surface area contributed by atoms with Crippen molar-refractivity contribution in [2.75, 3.05) is 19.8 Å². The fourth-order valence-corrected chi connectivity index (χ4v) is 7.17. The van der Waals surface area contributed by atoms with Crippen LogP contribution in [-0.2, 0) is 14.5 Å². The molecule has 0 unspecified atom stereocenters. The molecule has 4 aliphatic rings. The minimum Gasteiger partial charge on any atom is -0.396 e. The summed E-state index contributed by atoms with van der Waals surface area (Å²) in [6, 6.07) is 0. The predicted molar refractivity (Wildman–Crippen MR) is 114 cm³/mol. The first-order valence-corrected chi connectivity index (χ1v) is 11.5. The molecule has 0 spiro atoms. The fourth-order valence-electron chi connectivity index (χ4n) is 7.17. The van der Waals surface area contributed by atoms with Gasteiger partial charge < -0.3 is 15.4 Å². The SMILES string of the molecule is CCO/N=C1\C[C@@H]2[C@H](CC[C@]3(C)C(=O)CC[C@@H]23)[C@@]2(C)CC/C(=N\OCCN)C[C@H]12. The van der Waals surface area contributed by atoms with Gasteiger partial charge in [0.25, 0.3) is 0 Å². The first-order valence-electron chi connectivity index (χ1n) is 11.5. The van der Waals surface area contributed by atoms with Crippen molar-refractivity contribution in [3.63, 3.8) is 0 Å². The molecule has 162 valence electrons. The molecule has 0 bridgehead atoms. The number of ketones is 1. The van der Waals surface area contributed by atoms with Gasteiger partial charge in [-0.15, -0.1) is 0 Å². The van der Waals surface area contributed by atoms with E-state index in [-0.39, 0.29) is 10.8 Å². The molecule has 4 saturated carbocycles. The molecule has 4 rings (SSSR count). The van der Waals surface area contributed by atoms with E-state index in [0.29, 0.717) is 49.2 Å². The van der Waals surface area contributed by atoms with E-state index in [1.54, 1.807) is 0 Å². The van der Waals surface area contributed by atoms with Gasteiger partial charge in [0.15, 0.2) is 0 Å². The fraction of sp³-hybridized carbons (Fsp3) is 0.870. The Morgan fingerprint density at radius 2 is 1.90 bits per heavy atom. The van der Waals surface area contributed by atoms with Crippen molar-refractivity contribution in [1.29, 1.82) is 0 Å². The van der Waals surface area contributed by atoms with Crippen molar-refractivity contribution >= 4 is 17.2 Å². The summed E-state index contributed by atoms with van der Waals surface area (Å²) in [6.07, 6.45) is 7.98. The van der Waals surface area contributed by atoms with Crippen molar-refractivity contribution in [3.05, 3.63) is 0 Å². The largest absolute Gasteiger partial charge is 0.396 e. The molecule has 0 heterocycles. The van der Waals surface area contributed by atoms with Gasteiger partial charge in [-0.3, -0.25) is 4.79 Å². The smallest absolute Gasteiger partial charge is 0.139 e. The Morgan fingerprint density at radius 1 is 1.07 bits per heavy atom. The van der Waals surface area contributed by atoms with Gasteiger partial charge in [-0.25, -0.2) is 0 Å². The van der Waals surface area contributed by atoms with Crippen LogP contribution in [0.5, 0.6) is 0 Å². The summed E-state index contributed by atoms with van der Waals surface area (Å²) in [7, 11) is 0. The van der Waals surface area contributed by atoms with Gasteiger partial charge in [0, 0.05) is 24.3 Å². The third kappa shape index (κ3) is 3.41. The average molecular weight is 404 g/mol. The highest BCUT2D eigenvalue weighted by molar-refractivity contribution is 5.96. The molecule has 0 aromatic heterocycles. The number of fused-ring (bicyclic) bond motifs is 5. The molecule has 6 heteroatoms. The molecule has 0 saturated heterocycles. The molecule has 0 amide bonds. The molecule has 6 nitrogen and oxygen atoms in total. The highest BCUT2D eigenvalue weighted by Crippen LogP contribution is 2.64. The molecule has 6 atom stereocenters. The molecule has 4 aliphatic carbocycles. The van der Waals surface area contributed by atoms with Crippen molar-refractivity contribution in [3.8, 4) is 0 Å². The lowest BCUT2D eigenvalue weighted by molar-refractivity contribution is -0.133. The van der Waals surface area contributed by atoms with E-state index in [4.69, 9.17) is 15.4 Å². The highest BCUT2D eigenvalue weighted by Gasteiger charge is 2.61. The molecule has 0 radical (unpaired) electrons. The summed E-state index contributed by atoms with van der Waals surface area (Å²) in [5.74, 6) is 2.55. The topological polar surface area (TPSA) is 86.3 Å². The maximum Gasteiger partial charge on any atom is 0.139 e. The predicted octanol–water partition coefficient (Wildman–Crippen LogP) is 3.93. The van der Waals surface area contributed by atoms with Crippen LogP contribution in [0.2, 0.25) is 0 Å². The second-order valence-electron chi connectivity index (χ2n) is 10.0. The summed E-state index contributed by atoms with van der Waals surface area (Å²) >= 11 is 0. The van der Waals surface area contributed by atoms with E-state index in [0.717, 1.165) is 57.1 Å². The summed E-state index contributed by atoms with van der Waals surface area (Å²) in [5, 5.41) is 9.01. The first-order chi connectivity index (χ1) is 13.9. The van der Waals surface area contributed by atoms with Gasteiger partial charge in [-0.2, -0.15) is 0 Å². The van der Waals surface area contributed by atoms with Crippen LogP contribution in [0.25, 0.3) is 0 Å². The zero-order valence-corrected chi connectivity index (χ0v) is 18.3. The number of hydrogen-bond acceptors (Lipinski definition) is 6. The van der Waals surface area contributed by atoms with E-state index in [1.807, 2.05) is 6.92 Å². The maximum atomic E-state index is 12.7. The number of nitrogens with two attached hydrogens (primary N) is 1.